The first-order valence-electron chi connectivity index (χ1n) is 8.01. The number of nitrogens with zero attached hydrogens (tertiary/aromatic N) is 4. The first-order chi connectivity index (χ1) is 11.6. The second kappa shape index (κ2) is 6.97. The predicted octanol–water partition coefficient (Wildman–Crippen LogP) is 1.92. The zero-order valence-corrected chi connectivity index (χ0v) is 14.3. The number of benzene rings is 1. The Morgan fingerprint density at radius 2 is 2.08 bits per heavy atom. The maximum atomic E-state index is 12.9. The highest BCUT2D eigenvalue weighted by Crippen LogP contribution is 2.31. The van der Waals surface area contributed by atoms with Crippen molar-refractivity contribution in [3.63, 3.8) is 0 Å². The number of carbonyl (C=O) groups excluding carboxylic acids is 1. The zero-order chi connectivity index (χ0) is 17.1. The lowest BCUT2D eigenvalue weighted by Gasteiger charge is -2.40. The van der Waals surface area contributed by atoms with Crippen molar-refractivity contribution < 1.29 is 9.53 Å². The largest absolute Gasteiger partial charge is 0.496 e. The maximum Gasteiger partial charge on any atom is 0.257 e. The van der Waals surface area contributed by atoms with Crippen LogP contribution in [0.15, 0.2) is 36.8 Å². The summed E-state index contributed by atoms with van der Waals surface area (Å²) in [7, 11) is 3.76. The van der Waals surface area contributed by atoms with Gasteiger partial charge in [0.15, 0.2) is 0 Å². The van der Waals surface area contributed by atoms with Crippen LogP contribution >= 0.6 is 0 Å². The molecular formula is C18H22N4O2. The van der Waals surface area contributed by atoms with Gasteiger partial charge in [0.25, 0.3) is 5.91 Å². The minimum absolute atomic E-state index is 0.0129. The molecule has 3 rings (SSSR count). The number of aryl methyl sites for hydroxylation is 1. The molecule has 126 valence electrons. The monoisotopic (exact) mass is 326 g/mol. The molecule has 1 aromatic carbocycles. The number of likely N-dealkylation sites (N-methyl/N-ethyl adjacent to an activating group) is 1. The molecule has 1 aliphatic rings. The molecule has 1 fully saturated rings. The molecule has 2 aromatic rings. The van der Waals surface area contributed by atoms with E-state index < -0.39 is 0 Å². The quantitative estimate of drug-likeness (QED) is 0.862. The van der Waals surface area contributed by atoms with Gasteiger partial charge < -0.3 is 9.64 Å². The second-order valence-corrected chi connectivity index (χ2v) is 6.01. The number of ether oxygens (including phenoxy) is 1. The second-order valence-electron chi connectivity index (χ2n) is 6.01. The van der Waals surface area contributed by atoms with Gasteiger partial charge in [-0.2, -0.15) is 0 Å². The Labute approximate surface area is 142 Å². The van der Waals surface area contributed by atoms with Crippen molar-refractivity contribution in [3.05, 3.63) is 53.6 Å². The lowest BCUT2D eigenvalue weighted by Crippen LogP contribution is -2.49. The van der Waals surface area contributed by atoms with E-state index in [0.29, 0.717) is 24.3 Å². The van der Waals surface area contributed by atoms with Gasteiger partial charge in [-0.3, -0.25) is 9.69 Å². The fourth-order valence-electron chi connectivity index (χ4n) is 3.11. The molecule has 0 N–H and O–H groups in total. The molecule has 0 bridgehead atoms. The van der Waals surface area contributed by atoms with Crippen LogP contribution in [0.4, 0.5) is 0 Å². The van der Waals surface area contributed by atoms with Crippen LogP contribution in [0, 0.1) is 6.92 Å². The lowest BCUT2D eigenvalue weighted by molar-refractivity contribution is 0.0540. The number of amides is 1. The van der Waals surface area contributed by atoms with Crippen molar-refractivity contribution in [2.24, 2.45) is 0 Å². The lowest BCUT2D eigenvalue weighted by atomic mass is 10.0. The molecule has 2 heterocycles. The fraction of sp³-hybridized carbons (Fsp3) is 0.389. The van der Waals surface area contributed by atoms with E-state index >= 15 is 0 Å². The van der Waals surface area contributed by atoms with E-state index in [2.05, 4.69) is 28.0 Å². The Morgan fingerprint density at radius 1 is 1.29 bits per heavy atom. The van der Waals surface area contributed by atoms with Crippen molar-refractivity contribution >= 4 is 5.91 Å². The smallest absolute Gasteiger partial charge is 0.257 e. The standard InChI is InChI=1S/C18H22N4O2/c1-13-15(10-19-12-20-13)18(23)22-9-8-21(2)16(11-22)14-6-4-5-7-17(14)24-3/h4-7,10,12,16H,8-9,11H2,1-3H3/t16-/m0/s1. The van der Waals surface area contributed by atoms with Crippen molar-refractivity contribution in [1.82, 2.24) is 19.8 Å². The molecule has 6 nitrogen and oxygen atoms in total. The van der Waals surface area contributed by atoms with Gasteiger partial charge in [-0.25, -0.2) is 9.97 Å². The maximum absolute atomic E-state index is 12.9. The number of hydrogen-bond acceptors (Lipinski definition) is 5. The molecule has 0 aliphatic carbocycles. The molecule has 0 spiro atoms. The molecular weight excluding hydrogens is 304 g/mol. The van der Waals surface area contributed by atoms with Crippen LogP contribution in [-0.2, 0) is 0 Å². The Morgan fingerprint density at radius 3 is 2.83 bits per heavy atom. The van der Waals surface area contributed by atoms with E-state index in [1.54, 1.807) is 13.3 Å². The number of piperazine rings is 1. The highest BCUT2D eigenvalue weighted by atomic mass is 16.5. The van der Waals surface area contributed by atoms with Gasteiger partial charge in [0.1, 0.15) is 12.1 Å². The average Bonchev–Trinajstić information content (AvgIpc) is 2.62. The van der Waals surface area contributed by atoms with Crippen molar-refractivity contribution in [2.75, 3.05) is 33.8 Å². The molecule has 1 atom stereocenters. The van der Waals surface area contributed by atoms with E-state index in [9.17, 15) is 4.79 Å². The number of hydrogen-bond donors (Lipinski definition) is 0. The molecule has 6 heteroatoms. The Kier molecular flexibility index (Phi) is 4.76. The highest BCUT2D eigenvalue weighted by molar-refractivity contribution is 5.95. The van der Waals surface area contributed by atoms with Crippen LogP contribution in [0.1, 0.15) is 27.7 Å². The van der Waals surface area contributed by atoms with Gasteiger partial charge in [0.05, 0.1) is 24.4 Å². The summed E-state index contributed by atoms with van der Waals surface area (Å²) >= 11 is 0. The van der Waals surface area contributed by atoms with E-state index in [1.807, 2.05) is 30.0 Å². The summed E-state index contributed by atoms with van der Waals surface area (Å²) in [5, 5.41) is 0. The summed E-state index contributed by atoms with van der Waals surface area (Å²) in [6.45, 7) is 3.95. The van der Waals surface area contributed by atoms with Crippen molar-refractivity contribution in [2.45, 2.75) is 13.0 Å². The Hall–Kier alpha value is -2.47. The average molecular weight is 326 g/mol. The number of methoxy groups -OCH3 is 1. The van der Waals surface area contributed by atoms with Crippen LogP contribution in [0.25, 0.3) is 0 Å². The third kappa shape index (κ3) is 3.10. The molecule has 1 amide bonds. The van der Waals surface area contributed by atoms with Gasteiger partial charge in [-0.1, -0.05) is 18.2 Å². The summed E-state index contributed by atoms with van der Waals surface area (Å²) in [6.07, 6.45) is 3.06. The SMILES string of the molecule is COc1ccccc1[C@@H]1CN(C(=O)c2cncnc2C)CCN1C. The van der Waals surface area contributed by atoms with Gasteiger partial charge >= 0.3 is 0 Å². The summed E-state index contributed by atoms with van der Waals surface area (Å²) in [6, 6.07) is 8.08. The number of aromatic nitrogens is 2. The first kappa shape index (κ1) is 16.4. The molecule has 0 radical (unpaired) electrons. The van der Waals surface area contributed by atoms with E-state index in [1.165, 1.54) is 6.33 Å². The molecule has 24 heavy (non-hydrogen) atoms. The van der Waals surface area contributed by atoms with Crippen LogP contribution in [0.2, 0.25) is 0 Å². The van der Waals surface area contributed by atoms with Gasteiger partial charge in [-0.05, 0) is 20.0 Å². The number of para-hydroxylation sites is 1. The van der Waals surface area contributed by atoms with Crippen molar-refractivity contribution in [3.8, 4) is 5.75 Å². The van der Waals surface area contributed by atoms with Crippen LogP contribution < -0.4 is 4.74 Å². The predicted molar refractivity (Wildman–Crippen MR) is 91.0 cm³/mol. The van der Waals surface area contributed by atoms with Gasteiger partial charge in [0.2, 0.25) is 0 Å². The summed E-state index contributed by atoms with van der Waals surface area (Å²) in [5.41, 5.74) is 2.38. The normalized spacial score (nSPS) is 18.5. The Bertz CT molecular complexity index is 734. The Balaban J connectivity index is 1.86. The third-order valence-corrected chi connectivity index (χ3v) is 4.58. The molecule has 0 unspecified atom stereocenters. The molecule has 1 saturated heterocycles. The van der Waals surface area contributed by atoms with Crippen LogP contribution in [-0.4, -0.2) is 59.5 Å². The molecule has 0 saturated carbocycles. The van der Waals surface area contributed by atoms with E-state index in [0.717, 1.165) is 17.9 Å². The van der Waals surface area contributed by atoms with Crippen LogP contribution in [0.5, 0.6) is 5.75 Å². The minimum Gasteiger partial charge on any atom is -0.496 e. The van der Waals surface area contributed by atoms with E-state index in [4.69, 9.17) is 4.74 Å². The zero-order valence-electron chi connectivity index (χ0n) is 14.3. The van der Waals surface area contributed by atoms with E-state index in [-0.39, 0.29) is 11.9 Å². The van der Waals surface area contributed by atoms with Gasteiger partial charge in [0, 0.05) is 31.4 Å². The topological polar surface area (TPSA) is 58.6 Å². The highest BCUT2D eigenvalue weighted by Gasteiger charge is 2.31. The van der Waals surface area contributed by atoms with Gasteiger partial charge in [-0.15, -0.1) is 0 Å². The third-order valence-electron chi connectivity index (χ3n) is 4.58. The number of rotatable bonds is 3. The summed E-state index contributed by atoms with van der Waals surface area (Å²) < 4.78 is 5.50. The molecule has 1 aromatic heterocycles. The van der Waals surface area contributed by atoms with Crippen LogP contribution in [0.3, 0.4) is 0 Å². The number of carbonyl (C=O) groups is 1. The first-order valence-corrected chi connectivity index (χ1v) is 8.01. The molecule has 1 aliphatic heterocycles. The minimum atomic E-state index is -0.0129. The van der Waals surface area contributed by atoms with Crippen molar-refractivity contribution in [1.29, 1.82) is 0 Å². The summed E-state index contributed by atoms with van der Waals surface area (Å²) in [5.74, 6) is 0.837. The summed E-state index contributed by atoms with van der Waals surface area (Å²) in [4.78, 5) is 25.1. The fourth-order valence-corrected chi connectivity index (χ4v) is 3.11.